The summed E-state index contributed by atoms with van der Waals surface area (Å²) < 4.78 is 0. The number of hydrogen-bond acceptors (Lipinski definition) is 5. The van der Waals surface area contributed by atoms with E-state index in [-0.39, 0.29) is 15.6 Å². The average Bonchev–Trinajstić information content (AvgIpc) is 2.82. The first-order valence-corrected chi connectivity index (χ1v) is 6.94. The summed E-state index contributed by atoms with van der Waals surface area (Å²) in [6, 6.07) is 7.30. The first-order valence-electron chi connectivity index (χ1n) is 5.74. The Hall–Kier alpha value is -2.25. The van der Waals surface area contributed by atoms with E-state index in [0.717, 1.165) is 17.4 Å². The van der Waals surface area contributed by atoms with Crippen LogP contribution in [-0.2, 0) is 4.79 Å². The van der Waals surface area contributed by atoms with Crippen LogP contribution >= 0.6 is 22.9 Å². The Labute approximate surface area is 128 Å². The molecule has 1 aromatic carbocycles. The van der Waals surface area contributed by atoms with Crippen LogP contribution in [0.15, 0.2) is 30.3 Å². The van der Waals surface area contributed by atoms with Crippen molar-refractivity contribution in [3.8, 4) is 0 Å². The van der Waals surface area contributed by atoms with Gasteiger partial charge in [-0.25, -0.2) is 0 Å². The average molecular weight is 325 g/mol. The molecular weight excluding hydrogens is 316 g/mol. The maximum Gasteiger partial charge on any atom is 0.326 e. The van der Waals surface area contributed by atoms with Crippen LogP contribution < -0.4 is 5.32 Å². The van der Waals surface area contributed by atoms with Crippen molar-refractivity contribution in [2.24, 2.45) is 0 Å². The minimum absolute atomic E-state index is 0.0872. The number of nitrogens with one attached hydrogen (secondary N) is 1. The predicted molar refractivity (Wildman–Crippen MR) is 80.2 cm³/mol. The first-order chi connectivity index (χ1) is 9.88. The van der Waals surface area contributed by atoms with Crippen molar-refractivity contribution in [3.05, 3.63) is 56.6 Å². The van der Waals surface area contributed by atoms with Crippen LogP contribution in [0, 0.1) is 10.1 Å². The van der Waals surface area contributed by atoms with E-state index in [9.17, 15) is 19.7 Å². The lowest BCUT2D eigenvalue weighted by molar-refractivity contribution is -0.380. The molecule has 0 unspecified atom stereocenters. The van der Waals surface area contributed by atoms with E-state index >= 15 is 0 Å². The van der Waals surface area contributed by atoms with Crippen LogP contribution in [0.4, 0.5) is 10.0 Å². The Morgan fingerprint density at radius 1 is 1.29 bits per heavy atom. The highest BCUT2D eigenvalue weighted by atomic mass is 35.5. The van der Waals surface area contributed by atoms with E-state index < -0.39 is 16.6 Å². The molecule has 1 aromatic heterocycles. The maximum atomic E-state index is 12.4. The molecule has 2 rings (SSSR count). The lowest BCUT2D eigenvalue weighted by Crippen LogP contribution is -2.09. The van der Waals surface area contributed by atoms with Gasteiger partial charge in [0, 0.05) is 23.6 Å². The molecule has 21 heavy (non-hydrogen) atoms. The van der Waals surface area contributed by atoms with Crippen molar-refractivity contribution in [3.63, 3.8) is 0 Å². The molecule has 0 saturated heterocycles. The number of nitro groups is 1. The summed E-state index contributed by atoms with van der Waals surface area (Å²) in [6.45, 7) is 1.27. The van der Waals surface area contributed by atoms with Crippen LogP contribution in [0.1, 0.15) is 22.8 Å². The van der Waals surface area contributed by atoms with Crippen molar-refractivity contribution in [2.75, 3.05) is 5.32 Å². The molecule has 0 atom stereocenters. The summed E-state index contributed by atoms with van der Waals surface area (Å²) >= 11 is 6.50. The third-order valence-corrected chi connectivity index (χ3v) is 3.79. The number of benzene rings is 1. The third-order valence-electron chi connectivity index (χ3n) is 2.54. The minimum atomic E-state index is -0.603. The molecule has 0 aliphatic rings. The SMILES string of the molecule is CC(=O)Nc1sc([N+](=O)[O-])cc1C(=O)c1ccc(Cl)cc1. The summed E-state index contributed by atoms with van der Waals surface area (Å²) in [5.74, 6) is -0.823. The summed E-state index contributed by atoms with van der Waals surface area (Å²) in [5, 5.41) is 13.7. The molecule has 0 radical (unpaired) electrons. The fourth-order valence-corrected chi connectivity index (χ4v) is 2.69. The Balaban J connectivity index is 2.45. The highest BCUT2D eigenvalue weighted by molar-refractivity contribution is 7.19. The molecule has 0 saturated carbocycles. The molecule has 8 heteroatoms. The lowest BCUT2D eigenvalue weighted by atomic mass is 10.1. The number of anilines is 1. The second-order valence-electron chi connectivity index (χ2n) is 4.10. The highest BCUT2D eigenvalue weighted by Gasteiger charge is 2.23. The summed E-state index contributed by atoms with van der Waals surface area (Å²) in [5.41, 5.74) is 0.419. The Kier molecular flexibility index (Phi) is 4.35. The predicted octanol–water partition coefficient (Wildman–Crippen LogP) is 3.50. The molecule has 0 fully saturated rings. The molecule has 108 valence electrons. The van der Waals surface area contributed by atoms with Crippen LogP contribution in [0.3, 0.4) is 0 Å². The van der Waals surface area contributed by atoms with Gasteiger partial charge < -0.3 is 5.32 Å². The molecule has 1 amide bonds. The fraction of sp³-hybridized carbons (Fsp3) is 0.0769. The molecule has 0 aliphatic heterocycles. The number of carbonyl (C=O) groups excluding carboxylic acids is 2. The topological polar surface area (TPSA) is 89.3 Å². The Bertz CT molecular complexity index is 724. The van der Waals surface area contributed by atoms with Crippen molar-refractivity contribution >= 4 is 44.6 Å². The van der Waals surface area contributed by atoms with Gasteiger partial charge in [0.2, 0.25) is 5.91 Å². The van der Waals surface area contributed by atoms with E-state index in [1.165, 1.54) is 19.1 Å². The van der Waals surface area contributed by atoms with E-state index in [1.54, 1.807) is 12.1 Å². The maximum absolute atomic E-state index is 12.4. The summed E-state index contributed by atoms with van der Waals surface area (Å²) in [6.07, 6.45) is 0. The number of carbonyl (C=O) groups is 2. The van der Waals surface area contributed by atoms with Crippen LogP contribution in [-0.4, -0.2) is 16.6 Å². The van der Waals surface area contributed by atoms with Crippen molar-refractivity contribution in [1.82, 2.24) is 0 Å². The molecule has 0 spiro atoms. The summed E-state index contributed by atoms with van der Waals surface area (Å²) in [4.78, 5) is 33.8. The van der Waals surface area contributed by atoms with Gasteiger partial charge in [0.25, 0.3) is 0 Å². The number of halogens is 1. The Morgan fingerprint density at radius 2 is 1.90 bits per heavy atom. The number of amides is 1. The number of thiophene rings is 1. The quantitative estimate of drug-likeness (QED) is 0.529. The molecule has 6 nitrogen and oxygen atoms in total. The van der Waals surface area contributed by atoms with Gasteiger partial charge in [-0.1, -0.05) is 11.6 Å². The molecule has 0 bridgehead atoms. The van der Waals surface area contributed by atoms with Crippen LogP contribution in [0.25, 0.3) is 0 Å². The van der Waals surface area contributed by atoms with Gasteiger partial charge in [-0.2, -0.15) is 0 Å². The molecular formula is C13H9ClN2O4S. The molecule has 1 N–H and O–H groups in total. The standard InChI is InChI=1S/C13H9ClN2O4S/c1-7(17)15-13-10(6-11(21-13)16(19)20)12(18)8-2-4-9(14)5-3-8/h2-6H,1H3,(H,15,17). The smallest absolute Gasteiger partial charge is 0.317 e. The van der Waals surface area contributed by atoms with Gasteiger partial charge in [0.1, 0.15) is 5.00 Å². The molecule has 0 aliphatic carbocycles. The monoisotopic (exact) mass is 324 g/mol. The summed E-state index contributed by atoms with van der Waals surface area (Å²) in [7, 11) is 0. The van der Waals surface area contributed by atoms with E-state index in [2.05, 4.69) is 5.32 Å². The zero-order valence-corrected chi connectivity index (χ0v) is 12.3. The normalized spacial score (nSPS) is 10.2. The van der Waals surface area contributed by atoms with Crippen LogP contribution in [0.5, 0.6) is 0 Å². The Morgan fingerprint density at radius 3 is 2.43 bits per heavy atom. The number of ketones is 1. The van der Waals surface area contributed by atoms with E-state index in [4.69, 9.17) is 11.6 Å². The van der Waals surface area contributed by atoms with Crippen molar-refractivity contribution in [2.45, 2.75) is 6.92 Å². The largest absolute Gasteiger partial charge is 0.326 e. The fourth-order valence-electron chi connectivity index (χ4n) is 1.65. The van der Waals surface area contributed by atoms with Crippen molar-refractivity contribution in [1.29, 1.82) is 0 Å². The number of rotatable bonds is 4. The third kappa shape index (κ3) is 3.45. The minimum Gasteiger partial charge on any atom is -0.317 e. The van der Waals surface area contributed by atoms with Gasteiger partial charge in [0.15, 0.2) is 5.78 Å². The molecule has 1 heterocycles. The number of hydrogen-bond donors (Lipinski definition) is 1. The van der Waals surface area contributed by atoms with Gasteiger partial charge >= 0.3 is 5.00 Å². The second kappa shape index (κ2) is 6.02. The van der Waals surface area contributed by atoms with E-state index in [1.807, 2.05) is 0 Å². The highest BCUT2D eigenvalue weighted by Crippen LogP contribution is 2.35. The molecule has 2 aromatic rings. The van der Waals surface area contributed by atoms with Gasteiger partial charge in [0.05, 0.1) is 10.5 Å². The lowest BCUT2D eigenvalue weighted by Gasteiger charge is -2.03. The van der Waals surface area contributed by atoms with Crippen molar-refractivity contribution < 1.29 is 14.5 Å². The zero-order valence-electron chi connectivity index (χ0n) is 10.8. The first kappa shape index (κ1) is 15.1. The van der Waals surface area contributed by atoms with Gasteiger partial charge in [-0.3, -0.25) is 19.7 Å². The zero-order chi connectivity index (χ0) is 15.6. The number of nitrogens with zero attached hydrogens (tertiary/aromatic N) is 1. The van der Waals surface area contributed by atoms with E-state index in [0.29, 0.717) is 10.6 Å². The van der Waals surface area contributed by atoms with Crippen LogP contribution in [0.2, 0.25) is 5.02 Å². The van der Waals surface area contributed by atoms with Gasteiger partial charge in [-0.05, 0) is 35.6 Å². The van der Waals surface area contributed by atoms with Gasteiger partial charge in [-0.15, -0.1) is 0 Å². The second-order valence-corrected chi connectivity index (χ2v) is 5.57.